The summed E-state index contributed by atoms with van der Waals surface area (Å²) in [6, 6.07) is 10.4. The second-order valence-electron chi connectivity index (χ2n) is 6.02. The van der Waals surface area contributed by atoms with E-state index >= 15 is 0 Å². The van der Waals surface area contributed by atoms with Gasteiger partial charge in [-0.3, -0.25) is 10.1 Å². The van der Waals surface area contributed by atoms with Gasteiger partial charge in [0.05, 0.1) is 6.61 Å². The summed E-state index contributed by atoms with van der Waals surface area (Å²) in [5.41, 5.74) is 2.11. The minimum Gasteiger partial charge on any atom is -0.378 e. The fourth-order valence-corrected chi connectivity index (χ4v) is 3.41. The van der Waals surface area contributed by atoms with Gasteiger partial charge in [0.1, 0.15) is 0 Å². The molecule has 2 atom stereocenters. The first-order valence-electron chi connectivity index (χ1n) is 7.74. The van der Waals surface area contributed by atoms with Crippen molar-refractivity contribution < 1.29 is 9.53 Å². The molecule has 0 saturated carbocycles. The molecule has 5 nitrogen and oxygen atoms in total. The van der Waals surface area contributed by atoms with Crippen LogP contribution < -0.4 is 10.6 Å². The Bertz CT molecular complexity index is 573. The van der Waals surface area contributed by atoms with Crippen LogP contribution in [0.3, 0.4) is 0 Å². The molecule has 0 aromatic heterocycles. The highest BCUT2D eigenvalue weighted by molar-refractivity contribution is 5.90. The Morgan fingerprint density at radius 3 is 2.86 bits per heavy atom. The topological polar surface area (TPSA) is 53.6 Å². The van der Waals surface area contributed by atoms with Gasteiger partial charge in [0, 0.05) is 38.4 Å². The van der Waals surface area contributed by atoms with E-state index in [1.54, 1.807) is 13.2 Å². The molecule has 2 aliphatic heterocycles. The first-order valence-corrected chi connectivity index (χ1v) is 7.74. The Hall–Kier alpha value is -1.85. The van der Waals surface area contributed by atoms with Gasteiger partial charge in [-0.25, -0.2) is 0 Å². The van der Waals surface area contributed by atoms with E-state index in [4.69, 9.17) is 4.74 Å². The van der Waals surface area contributed by atoms with Gasteiger partial charge < -0.3 is 15.0 Å². The molecule has 2 N–H and O–H groups in total. The lowest BCUT2D eigenvalue weighted by Gasteiger charge is -2.44. The molecule has 118 valence electrons. The van der Waals surface area contributed by atoms with Gasteiger partial charge in [0.2, 0.25) is 0 Å². The molecule has 1 fully saturated rings. The van der Waals surface area contributed by atoms with Crippen LogP contribution in [-0.2, 0) is 9.53 Å². The lowest BCUT2D eigenvalue weighted by Crippen LogP contribution is -2.66. The molecule has 0 spiro atoms. The monoisotopic (exact) mass is 301 g/mol. The van der Waals surface area contributed by atoms with Gasteiger partial charge in [-0.15, -0.1) is 0 Å². The molecule has 22 heavy (non-hydrogen) atoms. The smallest absolute Gasteiger partial charge is 0.251 e. The third-order valence-corrected chi connectivity index (χ3v) is 4.41. The van der Waals surface area contributed by atoms with E-state index in [1.807, 2.05) is 11.0 Å². The van der Waals surface area contributed by atoms with Gasteiger partial charge in [-0.1, -0.05) is 37.3 Å². The Labute approximate surface area is 131 Å². The molecule has 2 unspecified atom stereocenters. The van der Waals surface area contributed by atoms with E-state index in [-0.39, 0.29) is 5.91 Å². The van der Waals surface area contributed by atoms with Gasteiger partial charge in [0.25, 0.3) is 5.91 Å². The highest BCUT2D eigenvalue weighted by atomic mass is 16.5. The number of nitrogens with one attached hydrogen (secondary N) is 2. The standard InChI is InChI=1S/C17H23N3O2/c1-13(14-6-4-3-5-7-14)11-17-18-8-9-20(17)16(21)10-15(19-17)12-22-2/h3-7,10,13,18-19H,8-9,11-12H2,1-2H3. The molecule has 1 saturated heterocycles. The Balaban J connectivity index is 1.83. The summed E-state index contributed by atoms with van der Waals surface area (Å²) in [4.78, 5) is 14.3. The number of benzene rings is 1. The van der Waals surface area contributed by atoms with Gasteiger partial charge in [-0.2, -0.15) is 0 Å². The summed E-state index contributed by atoms with van der Waals surface area (Å²) < 4.78 is 5.18. The van der Waals surface area contributed by atoms with Crippen molar-refractivity contribution in [2.75, 3.05) is 26.8 Å². The minimum absolute atomic E-state index is 0.0519. The largest absolute Gasteiger partial charge is 0.378 e. The number of methoxy groups -OCH3 is 1. The van der Waals surface area contributed by atoms with Crippen molar-refractivity contribution in [1.29, 1.82) is 0 Å². The number of rotatable bonds is 5. The molecule has 2 aliphatic rings. The zero-order valence-electron chi connectivity index (χ0n) is 13.1. The fourth-order valence-electron chi connectivity index (χ4n) is 3.41. The summed E-state index contributed by atoms with van der Waals surface area (Å²) in [6.07, 6.45) is 2.45. The van der Waals surface area contributed by atoms with Crippen molar-refractivity contribution in [3.8, 4) is 0 Å². The number of ether oxygens (including phenoxy) is 1. The summed E-state index contributed by atoms with van der Waals surface area (Å²) >= 11 is 0. The average molecular weight is 301 g/mol. The Morgan fingerprint density at radius 2 is 2.14 bits per heavy atom. The van der Waals surface area contributed by atoms with E-state index in [9.17, 15) is 4.79 Å². The van der Waals surface area contributed by atoms with E-state index in [0.717, 1.165) is 25.2 Å². The second-order valence-corrected chi connectivity index (χ2v) is 6.02. The highest BCUT2D eigenvalue weighted by Crippen LogP contribution is 2.31. The van der Waals surface area contributed by atoms with E-state index in [0.29, 0.717) is 12.5 Å². The molecule has 5 heteroatoms. The predicted octanol–water partition coefficient (Wildman–Crippen LogP) is 1.40. The number of carbonyl (C=O) groups excluding carboxylic acids is 1. The first-order chi connectivity index (χ1) is 10.6. The van der Waals surface area contributed by atoms with Crippen LogP contribution in [0.25, 0.3) is 0 Å². The van der Waals surface area contributed by atoms with Gasteiger partial charge in [-0.05, 0) is 11.5 Å². The molecule has 1 amide bonds. The van der Waals surface area contributed by atoms with Crippen LogP contribution in [0.1, 0.15) is 24.8 Å². The zero-order chi connectivity index (χ0) is 15.6. The molecule has 0 bridgehead atoms. The van der Waals surface area contributed by atoms with Crippen molar-refractivity contribution in [1.82, 2.24) is 15.5 Å². The van der Waals surface area contributed by atoms with E-state index in [1.165, 1.54) is 5.56 Å². The molecule has 3 rings (SSSR count). The summed E-state index contributed by atoms with van der Waals surface area (Å²) in [6.45, 7) is 4.14. The van der Waals surface area contributed by atoms with Gasteiger partial charge in [0.15, 0.2) is 5.79 Å². The Kier molecular flexibility index (Phi) is 4.18. The summed E-state index contributed by atoms with van der Waals surface area (Å²) in [5, 5.41) is 6.98. The average Bonchev–Trinajstić information content (AvgIpc) is 2.92. The number of amides is 1. The number of nitrogens with zero attached hydrogens (tertiary/aromatic N) is 1. The van der Waals surface area contributed by atoms with E-state index in [2.05, 4.69) is 41.8 Å². The number of carbonyl (C=O) groups is 1. The van der Waals surface area contributed by atoms with Crippen LogP contribution in [0.2, 0.25) is 0 Å². The van der Waals surface area contributed by atoms with Crippen molar-refractivity contribution in [2.45, 2.75) is 25.0 Å². The quantitative estimate of drug-likeness (QED) is 0.863. The Morgan fingerprint density at radius 1 is 1.36 bits per heavy atom. The third kappa shape index (κ3) is 2.74. The number of hydrogen-bond donors (Lipinski definition) is 2. The zero-order valence-corrected chi connectivity index (χ0v) is 13.1. The SMILES string of the molecule is COCC1=CC(=O)N2CCNC2(CC(C)c2ccccc2)N1. The van der Waals surface area contributed by atoms with Gasteiger partial charge >= 0.3 is 0 Å². The van der Waals surface area contributed by atoms with Crippen molar-refractivity contribution in [3.05, 3.63) is 47.7 Å². The molecule has 1 aromatic rings. The lowest BCUT2D eigenvalue weighted by atomic mass is 9.92. The van der Waals surface area contributed by atoms with Crippen LogP contribution in [-0.4, -0.2) is 43.4 Å². The normalized spacial score (nSPS) is 25.5. The highest BCUT2D eigenvalue weighted by Gasteiger charge is 2.46. The molecule has 0 radical (unpaired) electrons. The van der Waals surface area contributed by atoms with Crippen molar-refractivity contribution >= 4 is 5.91 Å². The molecule has 2 heterocycles. The molecule has 1 aromatic carbocycles. The van der Waals surface area contributed by atoms with Crippen molar-refractivity contribution in [3.63, 3.8) is 0 Å². The maximum absolute atomic E-state index is 12.4. The number of hydrogen-bond acceptors (Lipinski definition) is 4. The lowest BCUT2D eigenvalue weighted by molar-refractivity contribution is -0.133. The molecular weight excluding hydrogens is 278 g/mol. The van der Waals surface area contributed by atoms with E-state index < -0.39 is 5.79 Å². The van der Waals surface area contributed by atoms with Crippen LogP contribution in [0.4, 0.5) is 0 Å². The van der Waals surface area contributed by atoms with Crippen LogP contribution in [0.15, 0.2) is 42.1 Å². The minimum atomic E-state index is -0.505. The van der Waals surface area contributed by atoms with Crippen molar-refractivity contribution in [2.24, 2.45) is 0 Å². The third-order valence-electron chi connectivity index (χ3n) is 4.41. The first kappa shape index (κ1) is 15.1. The molecule has 0 aliphatic carbocycles. The van der Waals surface area contributed by atoms with Crippen LogP contribution in [0.5, 0.6) is 0 Å². The van der Waals surface area contributed by atoms with Crippen LogP contribution in [0, 0.1) is 0 Å². The second kappa shape index (κ2) is 6.10. The number of fused-ring (bicyclic) bond motifs is 1. The predicted molar refractivity (Wildman–Crippen MR) is 85.0 cm³/mol. The van der Waals surface area contributed by atoms with Crippen LogP contribution >= 0.6 is 0 Å². The molecular formula is C17H23N3O2. The summed E-state index contributed by atoms with van der Waals surface area (Å²) in [5.74, 6) is -0.123. The summed E-state index contributed by atoms with van der Waals surface area (Å²) in [7, 11) is 1.64. The fraction of sp³-hybridized carbons (Fsp3) is 0.471. The maximum atomic E-state index is 12.4. The maximum Gasteiger partial charge on any atom is 0.251 e.